The second-order valence-corrected chi connectivity index (χ2v) is 11.2. The molecule has 2 rings (SSSR count). The van der Waals surface area contributed by atoms with Gasteiger partial charge in [0, 0.05) is 7.11 Å². The second-order valence-electron chi connectivity index (χ2n) is 6.42. The topological polar surface area (TPSA) is 48.1 Å². The minimum absolute atomic E-state index is 0.0617. The lowest BCUT2D eigenvalue weighted by Gasteiger charge is -2.39. The zero-order valence-electron chi connectivity index (χ0n) is 11.4. The van der Waals surface area contributed by atoms with Crippen LogP contribution in [0, 0.1) is 0 Å². The lowest BCUT2D eigenvalue weighted by Crippen LogP contribution is -2.49. The minimum Gasteiger partial charge on any atom is -0.404 e. The van der Waals surface area contributed by atoms with Gasteiger partial charge in [-0.1, -0.05) is 20.8 Å². The third-order valence-corrected chi connectivity index (χ3v) is 8.66. The first kappa shape index (κ1) is 13.2. The molecule has 17 heavy (non-hydrogen) atoms. The Kier molecular flexibility index (Phi) is 3.01. The maximum Gasteiger partial charge on any atom is 0.194 e. The standard InChI is InChI=1S/C12H22O4Si/c1-12(2,3)17(5,6)16-9-7(13)8-11(15-8)10(9)14-4/h8-11H,1-6H3/t8-,9-,10+,11-/m0/s1. The van der Waals surface area contributed by atoms with E-state index in [0.717, 1.165) is 0 Å². The normalized spacial score (nSPS) is 37.2. The number of carbonyl (C=O) groups is 1. The molecule has 1 aliphatic heterocycles. The van der Waals surface area contributed by atoms with Gasteiger partial charge in [0.05, 0.1) is 0 Å². The van der Waals surface area contributed by atoms with E-state index >= 15 is 0 Å². The molecule has 2 aliphatic rings. The van der Waals surface area contributed by atoms with Crippen LogP contribution >= 0.6 is 0 Å². The second kappa shape index (κ2) is 3.88. The quantitative estimate of drug-likeness (QED) is 0.571. The molecule has 0 radical (unpaired) electrons. The van der Waals surface area contributed by atoms with E-state index in [2.05, 4.69) is 33.9 Å². The zero-order chi connectivity index (χ0) is 13.0. The maximum absolute atomic E-state index is 12.0. The molecule has 4 atom stereocenters. The molecule has 1 saturated heterocycles. The SMILES string of the molecule is CO[C@H]1[C@H]2O[C@H]2C(=O)[C@@H]1O[Si](C)(C)C(C)(C)C. The van der Waals surface area contributed by atoms with Crippen LogP contribution in [0.4, 0.5) is 0 Å². The molecule has 1 heterocycles. The molecule has 0 aromatic carbocycles. The van der Waals surface area contributed by atoms with E-state index < -0.39 is 14.4 Å². The van der Waals surface area contributed by atoms with Crippen molar-refractivity contribution in [1.29, 1.82) is 0 Å². The highest BCUT2D eigenvalue weighted by molar-refractivity contribution is 6.74. The van der Waals surface area contributed by atoms with Gasteiger partial charge in [-0.05, 0) is 18.1 Å². The highest BCUT2D eigenvalue weighted by atomic mass is 28.4. The Morgan fingerprint density at radius 3 is 2.35 bits per heavy atom. The Hall–Kier alpha value is -0.233. The molecule has 0 spiro atoms. The monoisotopic (exact) mass is 258 g/mol. The molecule has 4 nitrogen and oxygen atoms in total. The molecule has 0 aromatic rings. The first-order valence-corrected chi connectivity index (χ1v) is 8.99. The molecule has 0 amide bonds. The molecule has 0 bridgehead atoms. The number of epoxide rings is 1. The predicted octanol–water partition coefficient (Wildman–Crippen LogP) is 1.74. The van der Waals surface area contributed by atoms with Crippen LogP contribution < -0.4 is 0 Å². The van der Waals surface area contributed by atoms with Gasteiger partial charge in [-0.25, -0.2) is 0 Å². The number of Topliss-reactive ketones (excluding diaryl/α,β-unsaturated/α-hetero) is 1. The van der Waals surface area contributed by atoms with Crippen molar-refractivity contribution in [2.45, 2.75) is 63.3 Å². The van der Waals surface area contributed by atoms with E-state index in [9.17, 15) is 4.79 Å². The fraction of sp³-hybridized carbons (Fsp3) is 0.917. The summed E-state index contributed by atoms with van der Waals surface area (Å²) in [6.45, 7) is 10.8. The van der Waals surface area contributed by atoms with Crippen molar-refractivity contribution in [2.75, 3.05) is 7.11 Å². The van der Waals surface area contributed by atoms with Crippen molar-refractivity contribution in [2.24, 2.45) is 0 Å². The minimum atomic E-state index is -1.94. The average Bonchev–Trinajstić information content (AvgIpc) is 2.90. The van der Waals surface area contributed by atoms with Crippen LogP contribution in [0.2, 0.25) is 18.1 Å². The van der Waals surface area contributed by atoms with Crippen LogP contribution in [0.5, 0.6) is 0 Å². The van der Waals surface area contributed by atoms with Crippen LogP contribution in [0.25, 0.3) is 0 Å². The van der Waals surface area contributed by atoms with E-state index in [0.29, 0.717) is 0 Å². The average molecular weight is 258 g/mol. The summed E-state index contributed by atoms with van der Waals surface area (Å²) >= 11 is 0. The Labute approximate surface area is 104 Å². The van der Waals surface area contributed by atoms with Crippen molar-refractivity contribution in [1.82, 2.24) is 0 Å². The lowest BCUT2D eigenvalue weighted by atomic mass is 10.2. The molecular formula is C12H22O4Si. The highest BCUT2D eigenvalue weighted by Gasteiger charge is 2.64. The molecule has 5 heteroatoms. The summed E-state index contributed by atoms with van der Waals surface area (Å²) in [6.07, 6.45) is -0.983. The summed E-state index contributed by atoms with van der Waals surface area (Å²) < 4.78 is 16.8. The van der Waals surface area contributed by atoms with E-state index in [1.807, 2.05) is 0 Å². The number of carbonyl (C=O) groups excluding carboxylic acids is 1. The number of fused-ring (bicyclic) bond motifs is 1. The number of ether oxygens (including phenoxy) is 2. The van der Waals surface area contributed by atoms with Crippen molar-refractivity contribution in [3.63, 3.8) is 0 Å². The van der Waals surface area contributed by atoms with Gasteiger partial charge in [0.15, 0.2) is 14.1 Å². The lowest BCUT2D eigenvalue weighted by molar-refractivity contribution is -0.133. The van der Waals surface area contributed by atoms with E-state index in [1.54, 1.807) is 7.11 Å². The predicted molar refractivity (Wildman–Crippen MR) is 66.5 cm³/mol. The van der Waals surface area contributed by atoms with E-state index in [-0.39, 0.29) is 29.1 Å². The van der Waals surface area contributed by atoms with Crippen LogP contribution in [0.3, 0.4) is 0 Å². The Morgan fingerprint density at radius 1 is 1.29 bits per heavy atom. The summed E-state index contributed by atoms with van der Waals surface area (Å²) in [7, 11) is -0.320. The largest absolute Gasteiger partial charge is 0.404 e. The number of rotatable bonds is 3. The van der Waals surface area contributed by atoms with Crippen LogP contribution in [-0.4, -0.2) is 45.6 Å². The van der Waals surface area contributed by atoms with Crippen molar-refractivity contribution >= 4 is 14.1 Å². The van der Waals surface area contributed by atoms with Crippen molar-refractivity contribution < 1.29 is 18.7 Å². The van der Waals surface area contributed by atoms with E-state index in [1.165, 1.54) is 0 Å². The van der Waals surface area contributed by atoms with Gasteiger partial charge < -0.3 is 13.9 Å². The molecule has 0 unspecified atom stereocenters. The number of ketones is 1. The fourth-order valence-corrected chi connectivity index (χ4v) is 3.21. The van der Waals surface area contributed by atoms with Gasteiger partial charge in [-0.2, -0.15) is 0 Å². The van der Waals surface area contributed by atoms with E-state index in [4.69, 9.17) is 13.9 Å². The van der Waals surface area contributed by atoms with Gasteiger partial charge in [0.2, 0.25) is 0 Å². The van der Waals surface area contributed by atoms with Crippen LogP contribution in [-0.2, 0) is 18.7 Å². The smallest absolute Gasteiger partial charge is 0.194 e. The molecule has 98 valence electrons. The number of hydrogen-bond donors (Lipinski definition) is 0. The number of methoxy groups -OCH3 is 1. The summed E-state index contributed by atoms with van der Waals surface area (Å²) in [5.41, 5.74) is 0. The zero-order valence-corrected chi connectivity index (χ0v) is 12.4. The molecule has 1 saturated carbocycles. The Bertz CT molecular complexity index is 334. The fourth-order valence-electron chi connectivity index (χ4n) is 1.98. The first-order chi connectivity index (χ1) is 7.69. The van der Waals surface area contributed by atoms with Gasteiger partial charge in [-0.3, -0.25) is 4.79 Å². The molecular weight excluding hydrogens is 236 g/mol. The summed E-state index contributed by atoms with van der Waals surface area (Å²) in [5, 5.41) is 0.0964. The van der Waals surface area contributed by atoms with Gasteiger partial charge in [0.1, 0.15) is 24.4 Å². The molecule has 1 aliphatic carbocycles. The van der Waals surface area contributed by atoms with Crippen LogP contribution in [0.15, 0.2) is 0 Å². The van der Waals surface area contributed by atoms with Gasteiger partial charge >= 0.3 is 0 Å². The Balaban J connectivity index is 2.11. The molecule has 0 aromatic heterocycles. The summed E-state index contributed by atoms with van der Waals surface area (Å²) in [6, 6.07) is 0. The summed E-state index contributed by atoms with van der Waals surface area (Å²) in [4.78, 5) is 12.0. The third-order valence-electron chi connectivity index (χ3n) is 4.21. The molecule has 2 fully saturated rings. The van der Waals surface area contributed by atoms with Crippen LogP contribution in [0.1, 0.15) is 20.8 Å². The summed E-state index contributed by atoms with van der Waals surface area (Å²) in [5.74, 6) is 0.0617. The highest BCUT2D eigenvalue weighted by Crippen LogP contribution is 2.44. The number of hydrogen-bond acceptors (Lipinski definition) is 4. The van der Waals surface area contributed by atoms with Crippen molar-refractivity contribution in [3.8, 4) is 0 Å². The van der Waals surface area contributed by atoms with Crippen molar-refractivity contribution in [3.05, 3.63) is 0 Å². The maximum atomic E-state index is 12.0. The van der Waals surface area contributed by atoms with Gasteiger partial charge in [0.25, 0.3) is 0 Å². The van der Waals surface area contributed by atoms with Gasteiger partial charge in [-0.15, -0.1) is 0 Å². The third kappa shape index (κ3) is 2.10. The molecule has 0 N–H and O–H groups in total. The first-order valence-electron chi connectivity index (χ1n) is 6.09. The Morgan fingerprint density at radius 2 is 1.88 bits per heavy atom.